The Hall–Kier alpha value is -2.29. The van der Waals surface area contributed by atoms with Crippen molar-refractivity contribution in [3.63, 3.8) is 0 Å². The Kier molecular flexibility index (Phi) is 4.85. The van der Waals surface area contributed by atoms with Crippen molar-refractivity contribution in [1.82, 2.24) is 5.32 Å². The number of ether oxygens (including phenoxy) is 1. The molecule has 0 saturated heterocycles. The quantitative estimate of drug-likeness (QED) is 0.773. The molecule has 132 valence electrons. The fourth-order valence-electron chi connectivity index (χ4n) is 3.61. The molecule has 0 aromatic heterocycles. The molecule has 1 heterocycles. The number of amides is 1. The van der Waals surface area contributed by atoms with Gasteiger partial charge in [-0.2, -0.15) is 0 Å². The van der Waals surface area contributed by atoms with Crippen molar-refractivity contribution in [1.29, 1.82) is 0 Å². The number of carbonyl (C=O) groups excluding carboxylic acids is 1. The molecule has 0 unspecified atom stereocenters. The second-order valence-corrected chi connectivity index (χ2v) is 7.20. The Labute approximate surface area is 150 Å². The van der Waals surface area contributed by atoms with Crippen molar-refractivity contribution < 1.29 is 9.53 Å². The number of nitrogens with one attached hydrogen (secondary N) is 1. The fraction of sp³-hybridized carbons (Fsp3) is 0.409. The lowest BCUT2D eigenvalue weighted by Crippen LogP contribution is -2.30. The van der Waals surface area contributed by atoms with Crippen LogP contribution in [0.2, 0.25) is 0 Å². The number of fused-ring (bicyclic) bond motifs is 3. The summed E-state index contributed by atoms with van der Waals surface area (Å²) in [5.41, 5.74) is 4.77. The van der Waals surface area contributed by atoms with E-state index < -0.39 is 0 Å². The predicted molar refractivity (Wildman–Crippen MR) is 102 cm³/mol. The average molecular weight is 337 g/mol. The zero-order valence-electron chi connectivity index (χ0n) is 15.6. The summed E-state index contributed by atoms with van der Waals surface area (Å²) in [7, 11) is 1.69. The van der Waals surface area contributed by atoms with E-state index in [1.807, 2.05) is 18.2 Å². The highest BCUT2D eigenvalue weighted by atomic mass is 16.5. The van der Waals surface area contributed by atoms with E-state index in [0.29, 0.717) is 0 Å². The van der Waals surface area contributed by atoms with Crippen LogP contribution in [0.3, 0.4) is 0 Å². The Balaban J connectivity index is 2.13. The smallest absolute Gasteiger partial charge is 0.251 e. The molecule has 1 aliphatic rings. The summed E-state index contributed by atoms with van der Waals surface area (Å²) in [4.78, 5) is 12.4. The number of rotatable bonds is 5. The topological polar surface area (TPSA) is 38.3 Å². The molecule has 0 atom stereocenters. The van der Waals surface area contributed by atoms with Gasteiger partial charge in [0.2, 0.25) is 0 Å². The molecule has 1 aliphatic heterocycles. The van der Waals surface area contributed by atoms with E-state index in [0.717, 1.165) is 52.8 Å². The Morgan fingerprint density at radius 1 is 1.12 bits per heavy atom. The van der Waals surface area contributed by atoms with Gasteiger partial charge in [0, 0.05) is 23.7 Å². The number of hydrogen-bond donors (Lipinski definition) is 1. The SMILES string of the molecule is CCCCCc1cc2c(cc1C(=O)NC)-c1ccccc1C(C)(C)O2. The number of aryl methyl sites for hydroxylation is 1. The van der Waals surface area contributed by atoms with Crippen molar-refractivity contribution >= 4 is 5.91 Å². The summed E-state index contributed by atoms with van der Waals surface area (Å²) >= 11 is 0. The molecule has 1 N–H and O–H groups in total. The van der Waals surface area contributed by atoms with Crippen molar-refractivity contribution in [2.24, 2.45) is 0 Å². The Morgan fingerprint density at radius 2 is 1.88 bits per heavy atom. The lowest BCUT2D eigenvalue weighted by Gasteiger charge is -2.35. The predicted octanol–water partition coefficient (Wildman–Crippen LogP) is 5.07. The summed E-state index contributed by atoms with van der Waals surface area (Å²) in [5, 5.41) is 2.78. The third-order valence-electron chi connectivity index (χ3n) is 4.96. The summed E-state index contributed by atoms with van der Waals surface area (Å²) < 4.78 is 6.33. The standard InChI is InChI=1S/C22H27NO2/c1-5-6-7-10-15-13-20-18(14-17(15)21(24)23-4)16-11-8-9-12-19(16)22(2,3)25-20/h8-9,11-14H,5-7,10H2,1-4H3,(H,23,24). The molecule has 0 fully saturated rings. The monoisotopic (exact) mass is 337 g/mol. The van der Waals surface area contributed by atoms with Crippen LogP contribution < -0.4 is 10.1 Å². The summed E-state index contributed by atoms with van der Waals surface area (Å²) in [6, 6.07) is 12.4. The molecule has 3 rings (SSSR count). The molecule has 0 radical (unpaired) electrons. The van der Waals surface area contributed by atoms with E-state index in [-0.39, 0.29) is 11.5 Å². The third-order valence-corrected chi connectivity index (χ3v) is 4.96. The first-order valence-corrected chi connectivity index (χ1v) is 9.16. The van der Waals surface area contributed by atoms with Gasteiger partial charge in [0.25, 0.3) is 5.91 Å². The zero-order chi connectivity index (χ0) is 18.0. The van der Waals surface area contributed by atoms with Gasteiger partial charge in [-0.3, -0.25) is 4.79 Å². The van der Waals surface area contributed by atoms with E-state index >= 15 is 0 Å². The molecular formula is C22H27NO2. The average Bonchev–Trinajstić information content (AvgIpc) is 2.60. The normalized spacial score (nSPS) is 14.2. The van der Waals surface area contributed by atoms with E-state index in [9.17, 15) is 4.79 Å². The molecule has 0 spiro atoms. The van der Waals surface area contributed by atoms with Gasteiger partial charge >= 0.3 is 0 Å². The molecular weight excluding hydrogens is 310 g/mol. The maximum absolute atomic E-state index is 12.4. The van der Waals surface area contributed by atoms with E-state index in [1.54, 1.807) is 7.05 Å². The number of benzene rings is 2. The minimum Gasteiger partial charge on any atom is -0.482 e. The molecule has 0 bridgehead atoms. The lowest BCUT2D eigenvalue weighted by atomic mass is 9.84. The minimum atomic E-state index is -0.376. The number of carbonyl (C=O) groups is 1. The van der Waals surface area contributed by atoms with Gasteiger partial charge in [0.1, 0.15) is 11.4 Å². The van der Waals surface area contributed by atoms with E-state index in [4.69, 9.17) is 4.74 Å². The second-order valence-electron chi connectivity index (χ2n) is 7.20. The van der Waals surface area contributed by atoms with Gasteiger partial charge in [-0.05, 0) is 49.9 Å². The van der Waals surface area contributed by atoms with Gasteiger partial charge in [0.05, 0.1) is 0 Å². The number of hydrogen-bond acceptors (Lipinski definition) is 2. The fourth-order valence-corrected chi connectivity index (χ4v) is 3.61. The van der Waals surface area contributed by atoms with E-state index in [1.165, 1.54) is 6.42 Å². The molecule has 25 heavy (non-hydrogen) atoms. The lowest BCUT2D eigenvalue weighted by molar-refractivity contribution is 0.0961. The number of unbranched alkanes of at least 4 members (excludes halogenated alkanes) is 2. The van der Waals surface area contributed by atoms with Gasteiger partial charge in [-0.15, -0.1) is 0 Å². The summed E-state index contributed by atoms with van der Waals surface area (Å²) in [5.74, 6) is 0.847. The molecule has 3 nitrogen and oxygen atoms in total. The maximum Gasteiger partial charge on any atom is 0.251 e. The van der Waals surface area contributed by atoms with Crippen molar-refractivity contribution in [2.75, 3.05) is 7.05 Å². The molecule has 0 saturated carbocycles. The molecule has 1 amide bonds. The second kappa shape index (κ2) is 6.91. The highest BCUT2D eigenvalue weighted by molar-refractivity contribution is 5.98. The highest BCUT2D eigenvalue weighted by Crippen LogP contribution is 2.46. The zero-order valence-corrected chi connectivity index (χ0v) is 15.6. The van der Waals surface area contributed by atoms with Crippen LogP contribution in [0.25, 0.3) is 11.1 Å². The van der Waals surface area contributed by atoms with Crippen LogP contribution in [-0.4, -0.2) is 13.0 Å². The van der Waals surface area contributed by atoms with E-state index in [2.05, 4.69) is 44.3 Å². The van der Waals surface area contributed by atoms with Crippen LogP contribution in [0, 0.1) is 0 Å². The first-order valence-electron chi connectivity index (χ1n) is 9.16. The first-order chi connectivity index (χ1) is 12.0. The van der Waals surface area contributed by atoms with Crippen LogP contribution >= 0.6 is 0 Å². The van der Waals surface area contributed by atoms with Crippen LogP contribution in [0.4, 0.5) is 0 Å². The summed E-state index contributed by atoms with van der Waals surface area (Å²) in [6.45, 7) is 6.38. The van der Waals surface area contributed by atoms with Crippen LogP contribution in [0.5, 0.6) is 5.75 Å². The van der Waals surface area contributed by atoms with Gasteiger partial charge in [-0.1, -0.05) is 44.0 Å². The summed E-state index contributed by atoms with van der Waals surface area (Å²) in [6.07, 6.45) is 4.31. The largest absolute Gasteiger partial charge is 0.482 e. The van der Waals surface area contributed by atoms with Gasteiger partial charge < -0.3 is 10.1 Å². The molecule has 2 aromatic rings. The van der Waals surface area contributed by atoms with Crippen LogP contribution in [0.15, 0.2) is 36.4 Å². The van der Waals surface area contributed by atoms with Crippen molar-refractivity contribution in [3.8, 4) is 16.9 Å². The van der Waals surface area contributed by atoms with Crippen molar-refractivity contribution in [3.05, 3.63) is 53.1 Å². The molecule has 3 heteroatoms. The highest BCUT2D eigenvalue weighted by Gasteiger charge is 2.33. The Bertz CT molecular complexity index is 793. The molecule has 0 aliphatic carbocycles. The van der Waals surface area contributed by atoms with Gasteiger partial charge in [0.15, 0.2) is 0 Å². The third kappa shape index (κ3) is 3.28. The van der Waals surface area contributed by atoms with Crippen LogP contribution in [-0.2, 0) is 12.0 Å². The van der Waals surface area contributed by atoms with Crippen molar-refractivity contribution in [2.45, 2.75) is 52.1 Å². The maximum atomic E-state index is 12.4. The Morgan fingerprint density at radius 3 is 2.60 bits per heavy atom. The minimum absolute atomic E-state index is 0.0309. The first kappa shape index (κ1) is 17.5. The molecule has 2 aromatic carbocycles. The van der Waals surface area contributed by atoms with Crippen LogP contribution in [0.1, 0.15) is 61.5 Å². The van der Waals surface area contributed by atoms with Gasteiger partial charge in [-0.25, -0.2) is 0 Å².